The predicted molar refractivity (Wildman–Crippen MR) is 83.8 cm³/mol. The van der Waals surface area contributed by atoms with Gasteiger partial charge in [-0.2, -0.15) is 5.26 Å². The van der Waals surface area contributed by atoms with E-state index < -0.39 is 5.54 Å². The number of fused-ring (bicyclic) bond motifs is 1. The van der Waals surface area contributed by atoms with Gasteiger partial charge in [0.05, 0.1) is 12.6 Å². The molecule has 1 aliphatic heterocycles. The highest BCUT2D eigenvalue weighted by Gasteiger charge is 2.43. The van der Waals surface area contributed by atoms with Crippen molar-refractivity contribution >= 4 is 5.91 Å². The molecule has 0 bridgehead atoms. The third kappa shape index (κ3) is 3.57. The number of nitrogens with zero attached hydrogens (tertiary/aromatic N) is 2. The second-order valence-electron chi connectivity index (χ2n) is 6.50. The summed E-state index contributed by atoms with van der Waals surface area (Å²) in [5.41, 5.74) is 0.311. The van der Waals surface area contributed by atoms with Crippen molar-refractivity contribution in [3.05, 3.63) is 23.8 Å². The minimum absolute atomic E-state index is 0.121. The van der Waals surface area contributed by atoms with Crippen molar-refractivity contribution in [2.24, 2.45) is 5.92 Å². The van der Waals surface area contributed by atoms with E-state index in [0.717, 1.165) is 29.9 Å². The second-order valence-corrected chi connectivity index (χ2v) is 6.50. The molecule has 23 heavy (non-hydrogen) atoms. The minimum Gasteiger partial charge on any atom is -0.454 e. The normalized spacial score (nSPS) is 18.3. The zero-order valence-corrected chi connectivity index (χ0v) is 13.5. The lowest BCUT2D eigenvalue weighted by Gasteiger charge is -2.25. The molecular weight excluding hydrogens is 294 g/mol. The molecule has 1 aliphatic carbocycles. The first-order chi connectivity index (χ1) is 11.0. The van der Waals surface area contributed by atoms with E-state index in [1.54, 1.807) is 6.92 Å². The number of nitrogens with one attached hydrogen (secondary N) is 1. The van der Waals surface area contributed by atoms with E-state index >= 15 is 0 Å². The molecule has 1 N–H and O–H groups in total. The molecule has 1 atom stereocenters. The van der Waals surface area contributed by atoms with E-state index in [0.29, 0.717) is 6.54 Å². The Hall–Kier alpha value is -2.26. The topological polar surface area (TPSA) is 74.6 Å². The quantitative estimate of drug-likeness (QED) is 0.864. The summed E-state index contributed by atoms with van der Waals surface area (Å²) in [5.74, 6) is 1.66. The highest BCUT2D eigenvalue weighted by atomic mass is 16.7. The Bertz CT molecular complexity index is 651. The Morgan fingerprint density at radius 1 is 1.43 bits per heavy atom. The van der Waals surface area contributed by atoms with E-state index in [9.17, 15) is 10.1 Å². The standard InChI is InChI=1S/C17H21N3O3/c1-17(10-18,13-4-5-13)19-16(21)9-20(2)8-12-3-6-14-15(7-12)23-11-22-14/h3,6-7,13H,4-5,8-9,11H2,1-2H3,(H,19,21). The van der Waals surface area contributed by atoms with E-state index in [2.05, 4.69) is 11.4 Å². The fourth-order valence-corrected chi connectivity index (χ4v) is 2.86. The van der Waals surface area contributed by atoms with Crippen LogP contribution in [-0.2, 0) is 11.3 Å². The number of likely N-dealkylation sites (N-methyl/N-ethyl adjacent to an activating group) is 1. The fourth-order valence-electron chi connectivity index (χ4n) is 2.86. The Kier molecular flexibility index (Phi) is 4.14. The van der Waals surface area contributed by atoms with Gasteiger partial charge in [-0.25, -0.2) is 0 Å². The lowest BCUT2D eigenvalue weighted by Crippen LogP contribution is -2.49. The summed E-state index contributed by atoms with van der Waals surface area (Å²) in [6.07, 6.45) is 2.02. The van der Waals surface area contributed by atoms with Crippen molar-refractivity contribution in [2.75, 3.05) is 20.4 Å². The van der Waals surface area contributed by atoms with E-state index in [1.165, 1.54) is 0 Å². The van der Waals surface area contributed by atoms with Crippen LogP contribution in [0.25, 0.3) is 0 Å². The zero-order chi connectivity index (χ0) is 16.4. The molecule has 0 aromatic heterocycles. The Morgan fingerprint density at radius 2 is 2.17 bits per heavy atom. The molecular formula is C17H21N3O3. The average molecular weight is 315 g/mol. The van der Waals surface area contributed by atoms with Gasteiger partial charge < -0.3 is 14.8 Å². The molecule has 2 aliphatic rings. The van der Waals surface area contributed by atoms with Gasteiger partial charge in [-0.15, -0.1) is 0 Å². The average Bonchev–Trinajstić information content (AvgIpc) is 3.26. The number of carbonyl (C=O) groups is 1. The summed E-state index contributed by atoms with van der Waals surface area (Å²) < 4.78 is 10.6. The zero-order valence-electron chi connectivity index (χ0n) is 13.5. The van der Waals surface area contributed by atoms with Gasteiger partial charge in [0.25, 0.3) is 0 Å². The largest absolute Gasteiger partial charge is 0.454 e. The number of benzene rings is 1. The van der Waals surface area contributed by atoms with Crippen molar-refractivity contribution in [2.45, 2.75) is 31.8 Å². The van der Waals surface area contributed by atoms with Crippen molar-refractivity contribution in [3.63, 3.8) is 0 Å². The summed E-state index contributed by atoms with van der Waals surface area (Å²) in [7, 11) is 1.88. The van der Waals surface area contributed by atoms with Crippen LogP contribution in [0.1, 0.15) is 25.3 Å². The van der Waals surface area contributed by atoms with Crippen LogP contribution >= 0.6 is 0 Å². The molecule has 122 valence electrons. The monoisotopic (exact) mass is 315 g/mol. The van der Waals surface area contributed by atoms with Crippen LogP contribution < -0.4 is 14.8 Å². The van der Waals surface area contributed by atoms with E-state index in [-0.39, 0.29) is 25.2 Å². The predicted octanol–water partition coefficient (Wildman–Crippen LogP) is 1.66. The highest BCUT2D eigenvalue weighted by Crippen LogP contribution is 2.39. The SMILES string of the molecule is CN(CC(=O)NC(C)(C#N)C1CC1)Cc1ccc2c(c1)OCO2. The fraction of sp³-hybridized carbons (Fsp3) is 0.529. The molecule has 6 nitrogen and oxygen atoms in total. The third-order valence-electron chi connectivity index (χ3n) is 4.33. The maximum atomic E-state index is 12.2. The van der Waals surface area contributed by atoms with Gasteiger partial charge in [0.1, 0.15) is 5.54 Å². The number of ether oxygens (including phenoxy) is 2. The van der Waals surface area contributed by atoms with E-state index in [1.807, 2.05) is 30.1 Å². The minimum atomic E-state index is -0.739. The first kappa shape index (κ1) is 15.6. The molecule has 0 saturated heterocycles. The number of rotatable bonds is 6. The molecule has 1 unspecified atom stereocenters. The number of carbonyl (C=O) groups excluding carboxylic acids is 1. The molecule has 1 heterocycles. The molecule has 1 saturated carbocycles. The maximum Gasteiger partial charge on any atom is 0.235 e. The molecule has 0 radical (unpaired) electrons. The Balaban J connectivity index is 1.53. The van der Waals surface area contributed by atoms with Gasteiger partial charge >= 0.3 is 0 Å². The van der Waals surface area contributed by atoms with Crippen LogP contribution in [0.4, 0.5) is 0 Å². The number of amides is 1. The van der Waals surface area contributed by atoms with Crippen LogP contribution in [-0.4, -0.2) is 36.7 Å². The molecule has 6 heteroatoms. The van der Waals surface area contributed by atoms with Gasteiger partial charge in [-0.05, 0) is 50.4 Å². The van der Waals surface area contributed by atoms with Crippen LogP contribution in [0.2, 0.25) is 0 Å². The van der Waals surface area contributed by atoms with Gasteiger partial charge in [0.15, 0.2) is 11.5 Å². The lowest BCUT2D eigenvalue weighted by atomic mass is 9.98. The Morgan fingerprint density at radius 3 is 2.87 bits per heavy atom. The maximum absolute atomic E-state index is 12.2. The smallest absolute Gasteiger partial charge is 0.235 e. The van der Waals surface area contributed by atoms with Crippen LogP contribution in [0.3, 0.4) is 0 Å². The van der Waals surface area contributed by atoms with Gasteiger partial charge in [0, 0.05) is 6.54 Å². The van der Waals surface area contributed by atoms with Crippen molar-refractivity contribution < 1.29 is 14.3 Å². The third-order valence-corrected chi connectivity index (χ3v) is 4.33. The number of hydrogen-bond donors (Lipinski definition) is 1. The van der Waals surface area contributed by atoms with E-state index in [4.69, 9.17) is 9.47 Å². The Labute approximate surface area is 136 Å². The first-order valence-electron chi connectivity index (χ1n) is 7.79. The van der Waals surface area contributed by atoms with Crippen LogP contribution in [0, 0.1) is 17.2 Å². The first-order valence-corrected chi connectivity index (χ1v) is 7.79. The lowest BCUT2D eigenvalue weighted by molar-refractivity contribution is -0.123. The summed E-state index contributed by atoms with van der Waals surface area (Å²) >= 11 is 0. The van der Waals surface area contributed by atoms with Crippen molar-refractivity contribution in [1.82, 2.24) is 10.2 Å². The van der Waals surface area contributed by atoms with Crippen molar-refractivity contribution in [1.29, 1.82) is 5.26 Å². The van der Waals surface area contributed by atoms with Crippen LogP contribution in [0.15, 0.2) is 18.2 Å². The van der Waals surface area contributed by atoms with Gasteiger partial charge in [-0.1, -0.05) is 6.07 Å². The van der Waals surface area contributed by atoms with Crippen LogP contribution in [0.5, 0.6) is 11.5 Å². The highest BCUT2D eigenvalue weighted by molar-refractivity contribution is 5.79. The summed E-state index contributed by atoms with van der Waals surface area (Å²) in [4.78, 5) is 14.1. The summed E-state index contributed by atoms with van der Waals surface area (Å²) in [6.45, 7) is 2.93. The molecule has 1 aromatic carbocycles. The summed E-state index contributed by atoms with van der Waals surface area (Å²) in [5, 5.41) is 12.2. The van der Waals surface area contributed by atoms with Gasteiger partial charge in [0.2, 0.25) is 12.7 Å². The number of hydrogen-bond acceptors (Lipinski definition) is 5. The molecule has 1 fully saturated rings. The molecule has 1 amide bonds. The van der Waals surface area contributed by atoms with Crippen molar-refractivity contribution in [3.8, 4) is 17.6 Å². The number of nitriles is 1. The molecule has 3 rings (SSSR count). The molecule has 1 aromatic rings. The summed E-state index contributed by atoms with van der Waals surface area (Å²) in [6, 6.07) is 8.02. The second kappa shape index (κ2) is 6.09. The molecule has 0 spiro atoms. The van der Waals surface area contributed by atoms with Gasteiger partial charge in [-0.3, -0.25) is 9.69 Å².